The van der Waals surface area contributed by atoms with Gasteiger partial charge in [-0.2, -0.15) is 0 Å². The van der Waals surface area contributed by atoms with Crippen molar-refractivity contribution in [2.24, 2.45) is 0 Å². The van der Waals surface area contributed by atoms with Crippen molar-refractivity contribution in [1.82, 2.24) is 0 Å². The molecular formula is C9H20O2Si. The Morgan fingerprint density at radius 2 is 1.75 bits per heavy atom. The van der Waals surface area contributed by atoms with Gasteiger partial charge < -0.3 is 8.85 Å². The van der Waals surface area contributed by atoms with Crippen molar-refractivity contribution in [3.05, 3.63) is 11.8 Å². The molecule has 0 aromatic heterocycles. The van der Waals surface area contributed by atoms with Crippen molar-refractivity contribution in [3.8, 4) is 0 Å². The van der Waals surface area contributed by atoms with Crippen LogP contribution in [0.4, 0.5) is 0 Å². The molecule has 72 valence electrons. The topological polar surface area (TPSA) is 18.5 Å². The van der Waals surface area contributed by atoms with Gasteiger partial charge in [0.15, 0.2) is 0 Å². The number of rotatable bonds is 6. The Labute approximate surface area is 76.8 Å². The smallest absolute Gasteiger partial charge is 0.364 e. The Morgan fingerprint density at radius 1 is 1.17 bits per heavy atom. The average molecular weight is 188 g/mol. The van der Waals surface area contributed by atoms with Crippen molar-refractivity contribution < 1.29 is 8.85 Å². The maximum atomic E-state index is 5.46. The molecule has 0 aliphatic heterocycles. The summed E-state index contributed by atoms with van der Waals surface area (Å²) in [4.78, 5) is 0. The third kappa shape index (κ3) is 3.52. The van der Waals surface area contributed by atoms with Crippen LogP contribution in [0.1, 0.15) is 26.7 Å². The van der Waals surface area contributed by atoms with Gasteiger partial charge in [0.05, 0.1) is 0 Å². The monoisotopic (exact) mass is 188 g/mol. The predicted molar refractivity (Wildman–Crippen MR) is 54.3 cm³/mol. The van der Waals surface area contributed by atoms with Crippen LogP contribution in [-0.2, 0) is 8.85 Å². The minimum absolute atomic E-state index is 1.04. The normalized spacial score (nSPS) is 12.7. The lowest BCUT2D eigenvalue weighted by Gasteiger charge is -2.23. The van der Waals surface area contributed by atoms with Crippen molar-refractivity contribution in [2.45, 2.75) is 32.7 Å². The van der Waals surface area contributed by atoms with Gasteiger partial charge >= 0.3 is 8.56 Å². The third-order valence-electron chi connectivity index (χ3n) is 1.90. The summed E-state index contributed by atoms with van der Waals surface area (Å²) >= 11 is 0. The van der Waals surface area contributed by atoms with E-state index in [1.807, 2.05) is 0 Å². The zero-order chi connectivity index (χ0) is 9.45. The summed E-state index contributed by atoms with van der Waals surface area (Å²) in [5, 5.41) is 0. The van der Waals surface area contributed by atoms with Crippen LogP contribution >= 0.6 is 0 Å². The maximum absolute atomic E-state index is 5.46. The van der Waals surface area contributed by atoms with Crippen molar-refractivity contribution in [3.63, 3.8) is 0 Å². The van der Waals surface area contributed by atoms with Crippen molar-refractivity contribution in [1.29, 1.82) is 0 Å². The largest absolute Gasteiger partial charge is 0.395 e. The van der Waals surface area contributed by atoms with E-state index in [1.165, 1.54) is 0 Å². The first-order valence-corrected chi connectivity index (χ1v) is 6.62. The summed E-state index contributed by atoms with van der Waals surface area (Å²) in [7, 11) is 1.54. The first kappa shape index (κ1) is 11.9. The fourth-order valence-corrected chi connectivity index (χ4v) is 3.46. The second kappa shape index (κ2) is 6.40. The Hall–Kier alpha value is -0.123. The van der Waals surface area contributed by atoms with Gasteiger partial charge in [0.25, 0.3) is 0 Å². The van der Waals surface area contributed by atoms with Crippen LogP contribution in [0.2, 0.25) is 6.04 Å². The summed E-state index contributed by atoms with van der Waals surface area (Å²) < 4.78 is 10.9. The molecule has 0 aromatic rings. The van der Waals surface area contributed by atoms with E-state index in [-0.39, 0.29) is 0 Å². The van der Waals surface area contributed by atoms with E-state index in [1.54, 1.807) is 14.2 Å². The zero-order valence-corrected chi connectivity index (χ0v) is 9.59. The van der Waals surface area contributed by atoms with Crippen LogP contribution in [0.3, 0.4) is 0 Å². The molecule has 0 saturated heterocycles. The molecule has 0 atom stereocenters. The molecule has 0 aromatic carbocycles. The second-order valence-corrected chi connectivity index (χ2v) is 6.05. The molecule has 0 radical (unpaired) electrons. The van der Waals surface area contributed by atoms with Crippen LogP contribution < -0.4 is 0 Å². The molecular weight excluding hydrogens is 168 g/mol. The second-order valence-electron chi connectivity index (χ2n) is 2.78. The first-order valence-electron chi connectivity index (χ1n) is 4.52. The standard InChI is InChI=1S/C9H20O2Si/c1-5-7-9-12(10-3,11-4)8-6-2/h7,9H,5-6,8H2,1-4H3/b9-7+. The lowest BCUT2D eigenvalue weighted by molar-refractivity contribution is 0.255. The molecule has 0 N–H and O–H groups in total. The third-order valence-corrected chi connectivity index (χ3v) is 5.22. The Balaban J connectivity index is 4.23. The van der Waals surface area contributed by atoms with E-state index in [9.17, 15) is 0 Å². The highest BCUT2D eigenvalue weighted by Gasteiger charge is 2.30. The molecule has 0 unspecified atom stereocenters. The SMILES string of the molecule is CC/C=C/[Si](CCC)(OC)OC. The molecule has 12 heavy (non-hydrogen) atoms. The van der Waals surface area contributed by atoms with E-state index < -0.39 is 8.56 Å². The van der Waals surface area contributed by atoms with Crippen molar-refractivity contribution in [2.75, 3.05) is 14.2 Å². The molecule has 0 saturated carbocycles. The molecule has 0 heterocycles. The van der Waals surface area contributed by atoms with E-state index >= 15 is 0 Å². The van der Waals surface area contributed by atoms with Crippen LogP contribution in [0.15, 0.2) is 11.8 Å². The molecule has 0 rings (SSSR count). The fourth-order valence-electron chi connectivity index (χ4n) is 1.15. The van der Waals surface area contributed by atoms with Gasteiger partial charge in [-0.05, 0) is 18.2 Å². The molecule has 0 fully saturated rings. The summed E-state index contributed by atoms with van der Waals surface area (Å²) in [5.41, 5.74) is 2.14. The lowest BCUT2D eigenvalue weighted by Crippen LogP contribution is -2.37. The molecule has 2 nitrogen and oxygen atoms in total. The van der Waals surface area contributed by atoms with Gasteiger partial charge in [-0.25, -0.2) is 0 Å². The van der Waals surface area contributed by atoms with Crippen LogP contribution in [0.5, 0.6) is 0 Å². The number of hydrogen-bond acceptors (Lipinski definition) is 2. The Morgan fingerprint density at radius 3 is 2.08 bits per heavy atom. The van der Waals surface area contributed by atoms with E-state index in [0.29, 0.717) is 0 Å². The minimum atomic E-state index is -1.94. The van der Waals surface area contributed by atoms with Gasteiger partial charge in [0.1, 0.15) is 0 Å². The molecule has 0 aliphatic carbocycles. The van der Waals surface area contributed by atoms with Gasteiger partial charge in [0, 0.05) is 14.2 Å². The quantitative estimate of drug-likeness (QED) is 0.597. The highest BCUT2D eigenvalue weighted by molar-refractivity contribution is 6.72. The summed E-state index contributed by atoms with van der Waals surface area (Å²) in [6.45, 7) is 4.27. The summed E-state index contributed by atoms with van der Waals surface area (Å²) in [5.74, 6) is 0. The van der Waals surface area contributed by atoms with E-state index in [4.69, 9.17) is 8.85 Å². The highest BCUT2D eigenvalue weighted by atomic mass is 28.4. The van der Waals surface area contributed by atoms with Gasteiger partial charge in [-0.3, -0.25) is 0 Å². The molecule has 0 amide bonds. The zero-order valence-electron chi connectivity index (χ0n) is 8.59. The predicted octanol–water partition coefficient (Wildman–Crippen LogP) is 2.64. The molecule has 0 spiro atoms. The van der Waals surface area contributed by atoms with Gasteiger partial charge in [-0.1, -0.05) is 26.3 Å². The van der Waals surface area contributed by atoms with Crippen LogP contribution in [0.25, 0.3) is 0 Å². The summed E-state index contributed by atoms with van der Waals surface area (Å²) in [6.07, 6.45) is 4.29. The molecule has 3 heteroatoms. The fraction of sp³-hybridized carbons (Fsp3) is 0.778. The van der Waals surface area contributed by atoms with Crippen LogP contribution in [-0.4, -0.2) is 22.8 Å². The number of hydrogen-bond donors (Lipinski definition) is 0. The van der Waals surface area contributed by atoms with E-state index in [0.717, 1.165) is 18.9 Å². The van der Waals surface area contributed by atoms with Crippen molar-refractivity contribution >= 4 is 8.56 Å². The number of allylic oxidation sites excluding steroid dienone is 1. The average Bonchev–Trinajstić information content (AvgIpc) is 2.13. The maximum Gasteiger partial charge on any atom is 0.364 e. The summed E-state index contributed by atoms with van der Waals surface area (Å²) in [6, 6.07) is 1.04. The van der Waals surface area contributed by atoms with E-state index in [2.05, 4.69) is 25.6 Å². The first-order chi connectivity index (χ1) is 5.74. The lowest BCUT2D eigenvalue weighted by atomic mass is 10.5. The van der Waals surface area contributed by atoms with Gasteiger partial charge in [0.2, 0.25) is 0 Å². The van der Waals surface area contributed by atoms with Crippen LogP contribution in [0, 0.1) is 0 Å². The van der Waals surface area contributed by atoms with Gasteiger partial charge in [-0.15, -0.1) is 0 Å². The molecule has 0 aliphatic rings. The Kier molecular flexibility index (Phi) is 6.33. The Bertz CT molecular complexity index is 130. The molecule has 0 bridgehead atoms. The minimum Gasteiger partial charge on any atom is -0.395 e. The highest BCUT2D eigenvalue weighted by Crippen LogP contribution is 2.15.